The highest BCUT2D eigenvalue weighted by atomic mass is 19.1. The fourth-order valence-corrected chi connectivity index (χ4v) is 7.92. The Morgan fingerprint density at radius 3 is 2.35 bits per heavy atom. The predicted octanol–water partition coefficient (Wildman–Crippen LogP) is 2.90. The number of rotatable bonds is 7. The summed E-state index contributed by atoms with van der Waals surface area (Å²) in [5, 5.41) is 45.0. The molecule has 11 heteroatoms. The molecule has 0 heterocycles. The molecule has 0 spiro atoms. The zero-order valence-electron chi connectivity index (χ0n) is 25.0. The molecule has 0 saturated heterocycles. The van der Waals surface area contributed by atoms with Gasteiger partial charge in [0.1, 0.15) is 28.7 Å². The van der Waals surface area contributed by atoms with Gasteiger partial charge in [-0.1, -0.05) is 32.6 Å². The first kappa shape index (κ1) is 31.2. The van der Waals surface area contributed by atoms with Crippen molar-refractivity contribution in [2.24, 2.45) is 23.5 Å². The molecule has 2 fully saturated rings. The lowest BCUT2D eigenvalue weighted by molar-refractivity contribution is -0.153. The number of aliphatic hydroxyl groups is 3. The highest BCUT2D eigenvalue weighted by Crippen LogP contribution is 2.53. The molecule has 4 aliphatic carbocycles. The van der Waals surface area contributed by atoms with Crippen LogP contribution < -0.4 is 5.73 Å². The highest BCUT2D eigenvalue weighted by Gasteiger charge is 2.64. The van der Waals surface area contributed by atoms with Crippen molar-refractivity contribution in [3.8, 4) is 5.75 Å². The lowest BCUT2D eigenvalue weighted by atomic mass is 9.57. The van der Waals surface area contributed by atoms with Crippen LogP contribution in [0.1, 0.15) is 68.6 Å². The van der Waals surface area contributed by atoms with E-state index in [9.17, 15) is 34.8 Å². The Hall–Kier alpha value is -3.28. The molecule has 1 amide bonds. The van der Waals surface area contributed by atoms with Gasteiger partial charge in [-0.2, -0.15) is 0 Å². The number of fused-ring (bicyclic) bond motifs is 3. The molecule has 4 atom stereocenters. The summed E-state index contributed by atoms with van der Waals surface area (Å²) < 4.78 is 16.2. The predicted molar refractivity (Wildman–Crippen MR) is 156 cm³/mol. The number of carbonyl (C=O) groups excluding carboxylic acids is 3. The number of nitrogens with zero attached hydrogens (tertiary/aromatic N) is 2. The number of phenolic OH excluding ortho intramolecular Hbond substituents is 1. The maximum atomic E-state index is 16.2. The Labute approximate surface area is 250 Å². The second kappa shape index (κ2) is 11.7. The number of hydrogen-bond acceptors (Lipinski definition) is 9. The van der Waals surface area contributed by atoms with Crippen LogP contribution in [0.15, 0.2) is 23.0 Å². The molecule has 0 bridgehead atoms. The normalized spacial score (nSPS) is 28.2. The third kappa shape index (κ3) is 5.05. The van der Waals surface area contributed by atoms with Crippen LogP contribution in [-0.4, -0.2) is 86.5 Å². The van der Waals surface area contributed by atoms with Crippen LogP contribution in [0.25, 0.3) is 5.76 Å². The van der Waals surface area contributed by atoms with E-state index in [-0.39, 0.29) is 41.6 Å². The van der Waals surface area contributed by atoms with Crippen LogP contribution in [0.2, 0.25) is 0 Å². The van der Waals surface area contributed by atoms with Crippen molar-refractivity contribution in [2.75, 3.05) is 27.2 Å². The third-order valence-electron chi connectivity index (χ3n) is 10.1. The minimum Gasteiger partial charge on any atom is -0.508 e. The average molecular weight is 600 g/mol. The molecular weight excluding hydrogens is 557 g/mol. The van der Waals surface area contributed by atoms with Gasteiger partial charge in [-0.05, 0) is 64.2 Å². The number of primary amides is 1. The molecule has 6 N–H and O–H groups in total. The Morgan fingerprint density at radius 2 is 1.77 bits per heavy atom. The number of carbonyl (C=O) groups is 3. The summed E-state index contributed by atoms with van der Waals surface area (Å²) in [6.07, 6.45) is 6.99. The summed E-state index contributed by atoms with van der Waals surface area (Å²) >= 11 is 0. The quantitative estimate of drug-likeness (QED) is 0.234. The Kier molecular flexibility index (Phi) is 8.45. The number of aliphatic hydroxyl groups excluding tert-OH is 2. The minimum absolute atomic E-state index is 0.0612. The van der Waals surface area contributed by atoms with Crippen molar-refractivity contribution in [1.29, 1.82) is 0 Å². The molecule has 0 unspecified atom stereocenters. The van der Waals surface area contributed by atoms with Gasteiger partial charge < -0.3 is 26.2 Å². The van der Waals surface area contributed by atoms with E-state index >= 15 is 4.39 Å². The van der Waals surface area contributed by atoms with Gasteiger partial charge in [0.05, 0.1) is 11.6 Å². The Morgan fingerprint density at radius 1 is 1.12 bits per heavy atom. The first-order valence-electron chi connectivity index (χ1n) is 15.2. The first-order valence-corrected chi connectivity index (χ1v) is 15.2. The number of halogens is 1. The van der Waals surface area contributed by atoms with Gasteiger partial charge in [0.15, 0.2) is 11.4 Å². The van der Waals surface area contributed by atoms with Crippen LogP contribution >= 0.6 is 0 Å². The van der Waals surface area contributed by atoms with E-state index < -0.39 is 69.6 Å². The van der Waals surface area contributed by atoms with Crippen LogP contribution in [0.5, 0.6) is 5.75 Å². The Bertz CT molecular complexity index is 1410. The molecular formula is C32H42FN3O7. The largest absolute Gasteiger partial charge is 0.508 e. The van der Waals surface area contributed by atoms with Crippen molar-refractivity contribution in [2.45, 2.75) is 76.5 Å². The van der Waals surface area contributed by atoms with Crippen LogP contribution in [0, 0.1) is 23.6 Å². The molecule has 5 rings (SSSR count). The maximum absolute atomic E-state index is 16.2. The molecule has 0 aliphatic heterocycles. The number of nitrogens with two attached hydrogens (primary N) is 1. The topological polar surface area (TPSA) is 165 Å². The van der Waals surface area contributed by atoms with Crippen LogP contribution in [0.3, 0.4) is 0 Å². The van der Waals surface area contributed by atoms with E-state index in [0.717, 1.165) is 19.4 Å². The van der Waals surface area contributed by atoms with Crippen molar-refractivity contribution < 1.29 is 39.2 Å². The summed E-state index contributed by atoms with van der Waals surface area (Å²) in [5.74, 6) is -7.55. The van der Waals surface area contributed by atoms with Crippen molar-refractivity contribution in [3.63, 3.8) is 0 Å². The lowest BCUT2D eigenvalue weighted by Gasteiger charge is -2.50. The molecule has 43 heavy (non-hydrogen) atoms. The molecule has 10 nitrogen and oxygen atoms in total. The number of amides is 1. The fraction of sp³-hybridized carbons (Fsp3) is 0.594. The molecule has 1 aromatic rings. The molecule has 0 radical (unpaired) electrons. The lowest BCUT2D eigenvalue weighted by Crippen LogP contribution is -2.65. The second-order valence-corrected chi connectivity index (χ2v) is 12.9. The summed E-state index contributed by atoms with van der Waals surface area (Å²) in [6.45, 7) is 3.81. The second-order valence-electron chi connectivity index (χ2n) is 12.9. The van der Waals surface area contributed by atoms with Gasteiger partial charge in [-0.3, -0.25) is 24.2 Å². The van der Waals surface area contributed by atoms with E-state index in [2.05, 4.69) is 4.90 Å². The third-order valence-corrected chi connectivity index (χ3v) is 10.1. The van der Waals surface area contributed by atoms with Crippen molar-refractivity contribution in [1.82, 2.24) is 9.80 Å². The van der Waals surface area contributed by atoms with E-state index in [1.165, 1.54) is 50.7 Å². The van der Waals surface area contributed by atoms with Gasteiger partial charge >= 0.3 is 0 Å². The van der Waals surface area contributed by atoms with Crippen LogP contribution in [0.4, 0.5) is 4.39 Å². The molecule has 234 valence electrons. The number of benzene rings is 1. The molecule has 4 aliphatic rings. The van der Waals surface area contributed by atoms with E-state index in [1.807, 2.05) is 6.92 Å². The maximum Gasteiger partial charge on any atom is 0.255 e. The number of ketones is 2. The van der Waals surface area contributed by atoms with E-state index in [0.29, 0.717) is 12.5 Å². The fourth-order valence-electron chi connectivity index (χ4n) is 7.92. The number of Topliss-reactive ketones (excluding diaryl/α,β-unsaturated/α-hetero) is 2. The van der Waals surface area contributed by atoms with Gasteiger partial charge in [0, 0.05) is 35.7 Å². The Balaban J connectivity index is 1.54. The minimum atomic E-state index is -2.72. The summed E-state index contributed by atoms with van der Waals surface area (Å²) in [5.41, 5.74) is 1.58. The number of hydrogen-bond donors (Lipinski definition) is 5. The number of likely N-dealkylation sites (N-methyl/N-ethyl adjacent to an activating group) is 1. The standard InChI is InChI=1S/C32H42FN3O7/c1-4-36(14-16-9-7-5-6-8-10-16)15-18-13-21(37)23-19(25(18)33)11-17-12-20-26(35(2)3)28(39)24(31(34)42)30(41)32(20,43)29(40)22(17)27(23)38/h13,16-17,20,26,37-38,41,43H,4-12,14-15H2,1-3H3,(H2,34,42)/t17-,20-,26-,32-/m0/s1. The van der Waals surface area contributed by atoms with Gasteiger partial charge in [-0.25, -0.2) is 4.39 Å². The zero-order valence-corrected chi connectivity index (χ0v) is 25.0. The first-order chi connectivity index (χ1) is 20.3. The van der Waals surface area contributed by atoms with Crippen molar-refractivity contribution in [3.05, 3.63) is 45.5 Å². The SMILES string of the molecule is CCN(Cc1cc(O)c2c(c1F)C[C@H]1C[C@H]3[C@H](N(C)C)C(=O)C(C(N)=O)=C(O)[C@@]3(O)C(=O)C1=C2O)CC1CCCCCC1. The van der Waals surface area contributed by atoms with Gasteiger partial charge in [0.25, 0.3) is 5.91 Å². The van der Waals surface area contributed by atoms with E-state index in [4.69, 9.17) is 5.73 Å². The van der Waals surface area contributed by atoms with Gasteiger partial charge in [0.2, 0.25) is 5.78 Å². The summed E-state index contributed by atoms with van der Waals surface area (Å²) in [7, 11) is 3.07. The molecule has 0 aromatic heterocycles. The van der Waals surface area contributed by atoms with Crippen molar-refractivity contribution >= 4 is 23.2 Å². The summed E-state index contributed by atoms with van der Waals surface area (Å²) in [6, 6.07) is 0.0830. The zero-order chi connectivity index (χ0) is 31.4. The van der Waals surface area contributed by atoms with Crippen LogP contribution in [-0.2, 0) is 27.3 Å². The smallest absolute Gasteiger partial charge is 0.255 e. The average Bonchev–Trinajstić information content (AvgIpc) is 3.21. The summed E-state index contributed by atoms with van der Waals surface area (Å²) in [4.78, 5) is 42.9. The highest BCUT2D eigenvalue weighted by molar-refractivity contribution is 6.24. The number of aromatic hydroxyl groups is 1. The number of phenols is 1. The van der Waals surface area contributed by atoms with Gasteiger partial charge in [-0.15, -0.1) is 0 Å². The van der Waals surface area contributed by atoms with E-state index in [1.54, 1.807) is 0 Å². The monoisotopic (exact) mass is 599 g/mol. The molecule has 1 aromatic carbocycles. The molecule has 2 saturated carbocycles.